The number of nitrogens with zero attached hydrogens (tertiary/aromatic N) is 2. The number of likely N-dealkylation sites (N-methyl/N-ethyl adjacent to an activating group) is 1. The molecule has 2 aliphatic rings. The molecule has 0 radical (unpaired) electrons. The third-order valence-corrected chi connectivity index (χ3v) is 3.85. The van der Waals surface area contributed by atoms with Crippen LogP contribution in [0.3, 0.4) is 0 Å². The lowest BCUT2D eigenvalue weighted by Gasteiger charge is -2.31. The summed E-state index contributed by atoms with van der Waals surface area (Å²) in [4.78, 5) is 6.55. The number of morpholine rings is 1. The zero-order chi connectivity index (χ0) is 12.8. The van der Waals surface area contributed by atoms with Gasteiger partial charge in [0.05, 0.1) is 12.7 Å². The third-order valence-electron chi connectivity index (χ3n) is 3.85. The first-order valence-electron chi connectivity index (χ1n) is 7.02. The fraction of sp³-hybridized carbons (Fsp3) is 0.923. The first-order chi connectivity index (χ1) is 8.78. The molecule has 5 heteroatoms. The van der Waals surface area contributed by atoms with E-state index in [0.717, 1.165) is 44.7 Å². The molecule has 2 rings (SSSR count). The molecule has 0 bridgehead atoms. The number of rotatable bonds is 4. The Bertz CT molecular complexity index is 278. The van der Waals surface area contributed by atoms with E-state index in [1.54, 1.807) is 0 Å². The van der Waals surface area contributed by atoms with Crippen LogP contribution in [0.15, 0.2) is 4.99 Å². The molecule has 1 saturated carbocycles. The molecule has 1 saturated heterocycles. The second-order valence-corrected chi connectivity index (χ2v) is 5.39. The zero-order valence-electron chi connectivity index (χ0n) is 11.6. The average molecular weight is 254 g/mol. The molecule has 0 aromatic heterocycles. The van der Waals surface area contributed by atoms with E-state index in [2.05, 4.69) is 27.6 Å². The molecule has 1 atom stereocenters. The van der Waals surface area contributed by atoms with Gasteiger partial charge in [0, 0.05) is 33.2 Å². The Morgan fingerprint density at radius 3 is 2.72 bits per heavy atom. The van der Waals surface area contributed by atoms with Gasteiger partial charge in [-0.2, -0.15) is 0 Å². The molecule has 1 unspecified atom stereocenters. The van der Waals surface area contributed by atoms with Crippen molar-refractivity contribution in [1.29, 1.82) is 0 Å². The Morgan fingerprint density at radius 2 is 2.11 bits per heavy atom. The summed E-state index contributed by atoms with van der Waals surface area (Å²) in [5.41, 5.74) is 0. The molecule has 1 aliphatic carbocycles. The lowest BCUT2D eigenvalue weighted by atomic mass is 9.85. The molecule has 0 spiro atoms. The van der Waals surface area contributed by atoms with E-state index in [4.69, 9.17) is 4.74 Å². The van der Waals surface area contributed by atoms with Gasteiger partial charge in [0.1, 0.15) is 0 Å². The van der Waals surface area contributed by atoms with E-state index in [1.807, 2.05) is 7.05 Å². The first-order valence-corrected chi connectivity index (χ1v) is 7.02. The van der Waals surface area contributed by atoms with Crippen molar-refractivity contribution in [2.75, 3.05) is 46.9 Å². The number of hydrogen-bond donors (Lipinski definition) is 2. The summed E-state index contributed by atoms with van der Waals surface area (Å²) in [5.74, 6) is 1.75. The highest BCUT2D eigenvalue weighted by Crippen LogP contribution is 2.24. The van der Waals surface area contributed by atoms with Gasteiger partial charge in [0.15, 0.2) is 5.96 Å². The maximum Gasteiger partial charge on any atom is 0.191 e. The Morgan fingerprint density at radius 1 is 1.33 bits per heavy atom. The zero-order valence-corrected chi connectivity index (χ0v) is 11.6. The molecule has 0 aromatic rings. The molecule has 18 heavy (non-hydrogen) atoms. The highest BCUT2D eigenvalue weighted by atomic mass is 16.5. The Kier molecular flexibility index (Phi) is 5.26. The minimum absolute atomic E-state index is 0.269. The van der Waals surface area contributed by atoms with Gasteiger partial charge in [-0.25, -0.2) is 0 Å². The van der Waals surface area contributed by atoms with Crippen molar-refractivity contribution in [3.05, 3.63) is 0 Å². The average Bonchev–Trinajstić information content (AvgIpc) is 2.31. The molecular formula is C13H26N4O. The van der Waals surface area contributed by atoms with Gasteiger partial charge in [-0.1, -0.05) is 6.42 Å². The lowest BCUT2D eigenvalue weighted by molar-refractivity contribution is -0.0161. The number of guanidine groups is 1. The molecule has 0 aromatic carbocycles. The maximum atomic E-state index is 5.71. The maximum absolute atomic E-state index is 5.71. The van der Waals surface area contributed by atoms with Gasteiger partial charge in [-0.15, -0.1) is 0 Å². The van der Waals surface area contributed by atoms with E-state index in [1.165, 1.54) is 19.3 Å². The summed E-state index contributed by atoms with van der Waals surface area (Å²) >= 11 is 0. The molecule has 2 N–H and O–H groups in total. The molecule has 104 valence electrons. The summed E-state index contributed by atoms with van der Waals surface area (Å²) in [5, 5.41) is 6.74. The second-order valence-electron chi connectivity index (χ2n) is 5.39. The van der Waals surface area contributed by atoms with Crippen LogP contribution in [0.5, 0.6) is 0 Å². The smallest absolute Gasteiger partial charge is 0.191 e. The van der Waals surface area contributed by atoms with Crippen LogP contribution in [0.4, 0.5) is 0 Å². The molecule has 5 nitrogen and oxygen atoms in total. The van der Waals surface area contributed by atoms with Crippen LogP contribution in [0.2, 0.25) is 0 Å². The van der Waals surface area contributed by atoms with Gasteiger partial charge in [0.25, 0.3) is 0 Å². The van der Waals surface area contributed by atoms with Crippen molar-refractivity contribution in [3.63, 3.8) is 0 Å². The van der Waals surface area contributed by atoms with Gasteiger partial charge >= 0.3 is 0 Å². The van der Waals surface area contributed by atoms with Crippen molar-refractivity contribution >= 4 is 5.96 Å². The molecule has 0 amide bonds. The Balaban J connectivity index is 1.63. The van der Waals surface area contributed by atoms with Gasteiger partial charge in [-0.3, -0.25) is 4.99 Å². The highest BCUT2D eigenvalue weighted by molar-refractivity contribution is 5.79. The van der Waals surface area contributed by atoms with Crippen LogP contribution in [-0.4, -0.2) is 63.8 Å². The minimum Gasteiger partial charge on any atom is -0.374 e. The van der Waals surface area contributed by atoms with Gasteiger partial charge in [0.2, 0.25) is 0 Å². The quantitative estimate of drug-likeness (QED) is 0.559. The predicted molar refractivity (Wildman–Crippen MR) is 73.9 cm³/mol. The van der Waals surface area contributed by atoms with Crippen LogP contribution in [-0.2, 0) is 4.74 Å². The Labute approximate surface area is 110 Å². The summed E-state index contributed by atoms with van der Waals surface area (Å²) in [6.07, 6.45) is 4.38. The van der Waals surface area contributed by atoms with Crippen LogP contribution >= 0.6 is 0 Å². The van der Waals surface area contributed by atoms with Crippen LogP contribution < -0.4 is 10.6 Å². The van der Waals surface area contributed by atoms with E-state index in [0.29, 0.717) is 0 Å². The van der Waals surface area contributed by atoms with E-state index in [-0.39, 0.29) is 6.10 Å². The molecule has 2 fully saturated rings. The lowest BCUT2D eigenvalue weighted by Crippen LogP contribution is -2.49. The number of aliphatic imine (C=N–C) groups is 1. The van der Waals surface area contributed by atoms with Crippen molar-refractivity contribution < 1.29 is 4.74 Å². The Hall–Kier alpha value is -0.810. The minimum atomic E-state index is 0.269. The summed E-state index contributed by atoms with van der Waals surface area (Å²) < 4.78 is 5.71. The number of hydrogen-bond acceptors (Lipinski definition) is 3. The SMILES string of the molecule is CN=C(NCC1CCC1)NCC1CN(C)CCO1. The van der Waals surface area contributed by atoms with Gasteiger partial charge < -0.3 is 20.3 Å². The van der Waals surface area contributed by atoms with Crippen molar-refractivity contribution in [2.45, 2.75) is 25.4 Å². The number of ether oxygens (including phenoxy) is 1. The fourth-order valence-corrected chi connectivity index (χ4v) is 2.36. The molecular weight excluding hydrogens is 228 g/mol. The van der Waals surface area contributed by atoms with Gasteiger partial charge in [-0.05, 0) is 25.8 Å². The van der Waals surface area contributed by atoms with E-state index >= 15 is 0 Å². The monoisotopic (exact) mass is 254 g/mol. The number of nitrogens with one attached hydrogen (secondary N) is 2. The molecule has 1 heterocycles. The largest absolute Gasteiger partial charge is 0.374 e. The van der Waals surface area contributed by atoms with Crippen molar-refractivity contribution in [2.24, 2.45) is 10.9 Å². The molecule has 1 aliphatic heterocycles. The van der Waals surface area contributed by atoms with Crippen LogP contribution in [0.25, 0.3) is 0 Å². The predicted octanol–water partition coefficient (Wildman–Crippen LogP) is 0.282. The normalized spacial score (nSPS) is 26.8. The third kappa shape index (κ3) is 4.14. The topological polar surface area (TPSA) is 48.9 Å². The van der Waals surface area contributed by atoms with Crippen LogP contribution in [0, 0.1) is 5.92 Å². The summed E-state index contributed by atoms with van der Waals surface area (Å²) in [6, 6.07) is 0. The fourth-order valence-electron chi connectivity index (χ4n) is 2.36. The summed E-state index contributed by atoms with van der Waals surface area (Å²) in [6.45, 7) is 4.73. The van der Waals surface area contributed by atoms with Crippen molar-refractivity contribution in [3.8, 4) is 0 Å². The highest BCUT2D eigenvalue weighted by Gasteiger charge is 2.19. The van der Waals surface area contributed by atoms with Crippen LogP contribution in [0.1, 0.15) is 19.3 Å². The van der Waals surface area contributed by atoms with E-state index in [9.17, 15) is 0 Å². The standard InChI is InChI=1S/C13H26N4O/c1-14-13(15-8-11-4-3-5-11)16-9-12-10-17(2)6-7-18-12/h11-12H,3-10H2,1-2H3,(H2,14,15,16). The second kappa shape index (κ2) is 6.95. The summed E-state index contributed by atoms with van der Waals surface area (Å²) in [7, 11) is 3.96. The van der Waals surface area contributed by atoms with Crippen molar-refractivity contribution in [1.82, 2.24) is 15.5 Å². The first kappa shape index (κ1) is 13.6. The van der Waals surface area contributed by atoms with E-state index < -0.39 is 0 Å².